The van der Waals surface area contributed by atoms with E-state index in [-0.39, 0.29) is 0 Å². The van der Waals surface area contributed by atoms with E-state index in [1.165, 1.54) is 58.0 Å². The van der Waals surface area contributed by atoms with Gasteiger partial charge >= 0.3 is 0 Å². The van der Waals surface area contributed by atoms with Crippen LogP contribution in [0.3, 0.4) is 0 Å². The highest BCUT2D eigenvalue weighted by molar-refractivity contribution is 5.80. The van der Waals surface area contributed by atoms with E-state index in [2.05, 4.69) is 29.4 Å². The minimum Gasteiger partial charge on any atom is -0.357 e. The van der Waals surface area contributed by atoms with Crippen LogP contribution in [-0.2, 0) is 0 Å². The van der Waals surface area contributed by atoms with Crippen molar-refractivity contribution in [2.75, 3.05) is 26.2 Å². The highest BCUT2D eigenvalue weighted by Crippen LogP contribution is 2.44. The molecule has 1 heterocycles. The number of hydrogen-bond donors (Lipinski definition) is 2. The van der Waals surface area contributed by atoms with Gasteiger partial charge in [0.05, 0.1) is 0 Å². The predicted octanol–water partition coefficient (Wildman–Crippen LogP) is 2.36. The maximum absolute atomic E-state index is 4.81. The van der Waals surface area contributed by atoms with Gasteiger partial charge in [-0.1, -0.05) is 19.8 Å². The highest BCUT2D eigenvalue weighted by Gasteiger charge is 2.37. The summed E-state index contributed by atoms with van der Waals surface area (Å²) in [6, 6.07) is 1.44. The Bertz CT molecular complexity index is 369. The van der Waals surface area contributed by atoms with Crippen LogP contribution in [0.25, 0.3) is 0 Å². The number of nitrogens with one attached hydrogen (secondary N) is 2. The fraction of sp³-hybridized carbons (Fsp3) is 0.941. The monoisotopic (exact) mass is 292 g/mol. The molecule has 0 spiro atoms. The summed E-state index contributed by atoms with van der Waals surface area (Å²) in [7, 11) is 0. The van der Waals surface area contributed by atoms with Gasteiger partial charge in [-0.15, -0.1) is 0 Å². The molecule has 1 atom stereocenters. The van der Waals surface area contributed by atoms with E-state index in [0.29, 0.717) is 11.5 Å². The van der Waals surface area contributed by atoms with Gasteiger partial charge in [0, 0.05) is 38.3 Å². The molecular weight excluding hydrogens is 260 g/mol. The SMILES string of the molecule is CCNC(=NCC1(C)CC1)NC1CCN(C2CCCC2)C1. The molecule has 1 aliphatic heterocycles. The molecule has 1 unspecified atom stereocenters. The minimum atomic E-state index is 0.494. The van der Waals surface area contributed by atoms with E-state index in [1.807, 2.05) is 0 Å². The lowest BCUT2D eigenvalue weighted by Crippen LogP contribution is -2.45. The van der Waals surface area contributed by atoms with Gasteiger partial charge in [0.25, 0.3) is 0 Å². The summed E-state index contributed by atoms with van der Waals surface area (Å²) in [6.07, 6.45) is 9.64. The molecule has 4 nitrogen and oxygen atoms in total. The highest BCUT2D eigenvalue weighted by atomic mass is 15.3. The predicted molar refractivity (Wildman–Crippen MR) is 88.7 cm³/mol. The van der Waals surface area contributed by atoms with Crippen molar-refractivity contribution in [1.29, 1.82) is 0 Å². The Morgan fingerprint density at radius 1 is 1.24 bits per heavy atom. The zero-order valence-corrected chi connectivity index (χ0v) is 13.8. The van der Waals surface area contributed by atoms with Crippen molar-refractivity contribution in [2.24, 2.45) is 10.4 Å². The maximum Gasteiger partial charge on any atom is 0.191 e. The van der Waals surface area contributed by atoms with Gasteiger partial charge in [-0.05, 0) is 44.4 Å². The number of guanidine groups is 1. The van der Waals surface area contributed by atoms with Crippen LogP contribution in [0.15, 0.2) is 4.99 Å². The Hall–Kier alpha value is -0.770. The van der Waals surface area contributed by atoms with Gasteiger partial charge < -0.3 is 10.6 Å². The molecule has 2 N–H and O–H groups in total. The van der Waals surface area contributed by atoms with Crippen LogP contribution in [0.1, 0.15) is 58.8 Å². The average Bonchev–Trinajstić information content (AvgIpc) is 2.89. The van der Waals surface area contributed by atoms with Crippen LogP contribution in [0.4, 0.5) is 0 Å². The van der Waals surface area contributed by atoms with Crippen LogP contribution in [-0.4, -0.2) is 49.1 Å². The van der Waals surface area contributed by atoms with Crippen molar-refractivity contribution in [3.8, 4) is 0 Å². The third-order valence-corrected chi connectivity index (χ3v) is 5.47. The molecular formula is C17H32N4. The topological polar surface area (TPSA) is 39.7 Å². The molecule has 0 radical (unpaired) electrons. The molecule has 1 saturated heterocycles. The van der Waals surface area contributed by atoms with Crippen LogP contribution in [0, 0.1) is 5.41 Å². The van der Waals surface area contributed by atoms with Crippen LogP contribution in [0.5, 0.6) is 0 Å². The lowest BCUT2D eigenvalue weighted by Gasteiger charge is -2.24. The van der Waals surface area contributed by atoms with Crippen molar-refractivity contribution in [3.05, 3.63) is 0 Å². The molecule has 0 aromatic rings. The van der Waals surface area contributed by atoms with Crippen LogP contribution >= 0.6 is 0 Å². The molecule has 21 heavy (non-hydrogen) atoms. The first kappa shape index (κ1) is 15.1. The van der Waals surface area contributed by atoms with Gasteiger partial charge in [0.1, 0.15) is 0 Å². The molecule has 120 valence electrons. The molecule has 3 rings (SSSR count). The van der Waals surface area contributed by atoms with E-state index in [0.717, 1.165) is 25.1 Å². The Kier molecular flexibility index (Phi) is 4.72. The van der Waals surface area contributed by atoms with Crippen LogP contribution in [0.2, 0.25) is 0 Å². The second-order valence-corrected chi connectivity index (χ2v) is 7.57. The lowest BCUT2D eigenvalue weighted by molar-refractivity contribution is 0.242. The molecule has 2 aliphatic carbocycles. The summed E-state index contributed by atoms with van der Waals surface area (Å²) in [4.78, 5) is 7.51. The molecule has 2 saturated carbocycles. The lowest BCUT2D eigenvalue weighted by atomic mass is 10.1. The smallest absolute Gasteiger partial charge is 0.191 e. The van der Waals surface area contributed by atoms with Crippen molar-refractivity contribution in [2.45, 2.75) is 70.9 Å². The second kappa shape index (κ2) is 6.55. The molecule has 0 amide bonds. The molecule has 3 fully saturated rings. The third-order valence-electron chi connectivity index (χ3n) is 5.47. The summed E-state index contributed by atoms with van der Waals surface area (Å²) in [6.45, 7) is 8.88. The fourth-order valence-corrected chi connectivity index (χ4v) is 3.66. The summed E-state index contributed by atoms with van der Waals surface area (Å²) in [5.74, 6) is 1.03. The van der Waals surface area contributed by atoms with E-state index >= 15 is 0 Å². The van der Waals surface area contributed by atoms with E-state index < -0.39 is 0 Å². The molecule has 0 aromatic carbocycles. The maximum atomic E-state index is 4.81. The Morgan fingerprint density at radius 2 is 2.00 bits per heavy atom. The van der Waals surface area contributed by atoms with E-state index in [4.69, 9.17) is 4.99 Å². The number of nitrogens with zero attached hydrogens (tertiary/aromatic N) is 2. The van der Waals surface area contributed by atoms with E-state index in [1.54, 1.807) is 0 Å². The first-order valence-corrected chi connectivity index (χ1v) is 8.97. The number of likely N-dealkylation sites (tertiary alicyclic amines) is 1. The number of hydrogen-bond acceptors (Lipinski definition) is 2. The first-order chi connectivity index (χ1) is 10.2. The minimum absolute atomic E-state index is 0.494. The summed E-state index contributed by atoms with van der Waals surface area (Å²) < 4.78 is 0. The van der Waals surface area contributed by atoms with Gasteiger partial charge in [-0.3, -0.25) is 9.89 Å². The second-order valence-electron chi connectivity index (χ2n) is 7.57. The largest absolute Gasteiger partial charge is 0.357 e. The first-order valence-electron chi connectivity index (χ1n) is 8.97. The number of aliphatic imine (C=N–C) groups is 1. The molecule has 3 aliphatic rings. The quantitative estimate of drug-likeness (QED) is 0.603. The van der Waals surface area contributed by atoms with Crippen molar-refractivity contribution >= 4 is 5.96 Å². The van der Waals surface area contributed by atoms with Gasteiger partial charge in [0.2, 0.25) is 0 Å². The zero-order valence-electron chi connectivity index (χ0n) is 13.8. The van der Waals surface area contributed by atoms with Crippen molar-refractivity contribution in [3.63, 3.8) is 0 Å². The molecule has 0 bridgehead atoms. The summed E-state index contributed by atoms with van der Waals surface area (Å²) in [5.41, 5.74) is 0.494. The molecule has 0 aromatic heterocycles. The fourth-order valence-electron chi connectivity index (χ4n) is 3.66. The van der Waals surface area contributed by atoms with Crippen molar-refractivity contribution < 1.29 is 0 Å². The zero-order chi connectivity index (χ0) is 14.7. The number of rotatable bonds is 5. The van der Waals surface area contributed by atoms with Crippen molar-refractivity contribution in [1.82, 2.24) is 15.5 Å². The summed E-state index contributed by atoms with van der Waals surface area (Å²) in [5, 5.41) is 7.08. The Morgan fingerprint density at radius 3 is 2.67 bits per heavy atom. The summed E-state index contributed by atoms with van der Waals surface area (Å²) >= 11 is 0. The van der Waals surface area contributed by atoms with Gasteiger partial charge in [-0.25, -0.2) is 0 Å². The van der Waals surface area contributed by atoms with E-state index in [9.17, 15) is 0 Å². The average molecular weight is 292 g/mol. The third kappa shape index (κ3) is 4.12. The van der Waals surface area contributed by atoms with Crippen LogP contribution < -0.4 is 10.6 Å². The normalized spacial score (nSPS) is 29.8. The standard InChI is InChI=1S/C17H32N4/c1-3-18-16(19-13-17(2)9-10-17)20-14-8-11-21(12-14)15-6-4-5-7-15/h14-15H,3-13H2,1-2H3,(H2,18,19,20). The van der Waals surface area contributed by atoms with Gasteiger partial charge in [0.15, 0.2) is 5.96 Å². The Balaban J connectivity index is 1.48. The van der Waals surface area contributed by atoms with Gasteiger partial charge in [-0.2, -0.15) is 0 Å². The Labute approximate surface area is 129 Å². The molecule has 4 heteroatoms.